The van der Waals surface area contributed by atoms with Crippen LogP contribution in [0.3, 0.4) is 0 Å². The van der Waals surface area contributed by atoms with Crippen molar-refractivity contribution in [3.8, 4) is 5.75 Å². The molecule has 2 N–H and O–H groups in total. The van der Waals surface area contributed by atoms with E-state index < -0.39 is 12.0 Å². The Bertz CT molecular complexity index is 670. The molecule has 5 nitrogen and oxygen atoms in total. The number of hydrogen-bond acceptors (Lipinski definition) is 3. The van der Waals surface area contributed by atoms with E-state index in [1.165, 1.54) is 6.92 Å². The van der Waals surface area contributed by atoms with E-state index in [4.69, 9.17) is 9.84 Å². The number of carbonyl (C=O) groups is 2. The number of carbonyl (C=O) groups excluding carboxylic acids is 1. The molecule has 2 aromatic rings. The second kappa shape index (κ2) is 7.98. The van der Waals surface area contributed by atoms with Crippen LogP contribution < -0.4 is 10.1 Å². The fourth-order valence-electron chi connectivity index (χ4n) is 2.18. The Morgan fingerprint density at radius 2 is 1.78 bits per heavy atom. The largest absolute Gasteiger partial charge is 0.489 e. The summed E-state index contributed by atoms with van der Waals surface area (Å²) in [4.78, 5) is 22.3. The Labute approximate surface area is 134 Å². The number of rotatable bonds is 7. The predicted octanol–water partition coefficient (Wildman–Crippen LogP) is 2.40. The van der Waals surface area contributed by atoms with Crippen LogP contribution in [0.25, 0.3) is 0 Å². The van der Waals surface area contributed by atoms with Crippen LogP contribution in [0.2, 0.25) is 0 Å². The number of nitrogens with one attached hydrogen (secondary N) is 1. The lowest BCUT2D eigenvalue weighted by Crippen LogP contribution is -2.41. The van der Waals surface area contributed by atoms with E-state index in [-0.39, 0.29) is 12.3 Å². The van der Waals surface area contributed by atoms with Crippen molar-refractivity contribution in [1.29, 1.82) is 0 Å². The minimum absolute atomic E-state index is 0.206. The third-order valence-electron chi connectivity index (χ3n) is 3.26. The van der Waals surface area contributed by atoms with Gasteiger partial charge in [-0.3, -0.25) is 4.79 Å². The first-order chi connectivity index (χ1) is 11.0. The number of carboxylic acid groups (broad SMARTS) is 1. The topological polar surface area (TPSA) is 75.6 Å². The molecule has 0 spiro atoms. The normalized spacial score (nSPS) is 11.5. The Kier molecular flexibility index (Phi) is 5.74. The number of hydrogen-bond donors (Lipinski definition) is 2. The van der Waals surface area contributed by atoms with Crippen LogP contribution >= 0.6 is 0 Å². The van der Waals surface area contributed by atoms with Crippen LogP contribution in [-0.4, -0.2) is 23.0 Å². The SMILES string of the molecule is CC(=O)N[C@@H](Cc1cccc(OCc2ccccc2)c1)C(=O)O. The molecule has 0 fully saturated rings. The van der Waals surface area contributed by atoms with E-state index in [2.05, 4.69) is 5.32 Å². The molecule has 0 bridgehead atoms. The molecule has 0 saturated carbocycles. The summed E-state index contributed by atoms with van der Waals surface area (Å²) in [5.41, 5.74) is 1.84. The molecule has 0 radical (unpaired) electrons. The first-order valence-electron chi connectivity index (χ1n) is 7.30. The summed E-state index contributed by atoms with van der Waals surface area (Å²) in [6.07, 6.45) is 0.206. The molecule has 2 rings (SSSR count). The van der Waals surface area contributed by atoms with E-state index in [0.29, 0.717) is 12.4 Å². The summed E-state index contributed by atoms with van der Waals surface area (Å²) in [7, 11) is 0. The van der Waals surface area contributed by atoms with Crippen LogP contribution in [0.15, 0.2) is 54.6 Å². The predicted molar refractivity (Wildman–Crippen MR) is 86.2 cm³/mol. The summed E-state index contributed by atoms with van der Waals surface area (Å²) < 4.78 is 5.72. The molecule has 0 unspecified atom stereocenters. The minimum atomic E-state index is -1.06. The Hall–Kier alpha value is -2.82. The average molecular weight is 313 g/mol. The van der Waals surface area contributed by atoms with Gasteiger partial charge in [0.05, 0.1) is 0 Å². The highest BCUT2D eigenvalue weighted by molar-refractivity contribution is 5.82. The summed E-state index contributed by atoms with van der Waals surface area (Å²) in [5, 5.41) is 11.6. The second-order valence-corrected chi connectivity index (χ2v) is 5.22. The van der Waals surface area contributed by atoms with Crippen molar-refractivity contribution >= 4 is 11.9 Å². The fraction of sp³-hybridized carbons (Fsp3) is 0.222. The molecule has 1 atom stereocenters. The standard InChI is InChI=1S/C18H19NO4/c1-13(20)19-17(18(21)22)11-15-8-5-9-16(10-15)23-12-14-6-3-2-4-7-14/h2-10,17H,11-12H2,1H3,(H,19,20)(H,21,22)/t17-/m0/s1. The zero-order valence-corrected chi connectivity index (χ0v) is 12.9. The molecular weight excluding hydrogens is 294 g/mol. The van der Waals surface area contributed by atoms with Crippen LogP contribution in [-0.2, 0) is 22.6 Å². The van der Waals surface area contributed by atoms with Crippen LogP contribution in [0.1, 0.15) is 18.1 Å². The molecule has 0 heterocycles. The Morgan fingerprint density at radius 3 is 2.43 bits per heavy atom. The van der Waals surface area contributed by atoms with Gasteiger partial charge in [-0.05, 0) is 23.3 Å². The maximum atomic E-state index is 11.2. The van der Waals surface area contributed by atoms with E-state index >= 15 is 0 Å². The summed E-state index contributed by atoms with van der Waals surface area (Å²) in [6, 6.07) is 16.1. The Morgan fingerprint density at radius 1 is 1.09 bits per heavy atom. The van der Waals surface area contributed by atoms with Gasteiger partial charge in [0.15, 0.2) is 0 Å². The zero-order chi connectivity index (χ0) is 16.7. The van der Waals surface area contributed by atoms with Crippen LogP contribution in [0.5, 0.6) is 5.75 Å². The first-order valence-corrected chi connectivity index (χ1v) is 7.30. The van der Waals surface area contributed by atoms with Crippen molar-refractivity contribution in [1.82, 2.24) is 5.32 Å². The third kappa shape index (κ3) is 5.47. The number of amides is 1. The number of aliphatic carboxylic acids is 1. The van der Waals surface area contributed by atoms with Gasteiger partial charge in [-0.1, -0.05) is 42.5 Å². The van der Waals surface area contributed by atoms with Crippen molar-refractivity contribution in [2.75, 3.05) is 0 Å². The molecule has 5 heteroatoms. The molecule has 2 aromatic carbocycles. The number of carboxylic acids is 1. The summed E-state index contributed by atoms with van der Waals surface area (Å²) in [6.45, 7) is 1.74. The van der Waals surface area contributed by atoms with Gasteiger partial charge < -0.3 is 15.2 Å². The maximum Gasteiger partial charge on any atom is 0.326 e. The highest BCUT2D eigenvalue weighted by Crippen LogP contribution is 2.16. The summed E-state index contributed by atoms with van der Waals surface area (Å²) in [5.74, 6) is -0.761. The molecule has 0 aliphatic heterocycles. The summed E-state index contributed by atoms with van der Waals surface area (Å²) >= 11 is 0. The van der Waals surface area contributed by atoms with Gasteiger partial charge in [0.2, 0.25) is 5.91 Å². The van der Waals surface area contributed by atoms with Crippen LogP contribution in [0, 0.1) is 0 Å². The van der Waals surface area contributed by atoms with E-state index in [1.54, 1.807) is 6.07 Å². The molecule has 120 valence electrons. The van der Waals surface area contributed by atoms with Gasteiger partial charge >= 0.3 is 5.97 Å². The van der Waals surface area contributed by atoms with E-state index in [0.717, 1.165) is 11.1 Å². The molecule has 0 saturated heterocycles. The number of benzene rings is 2. The quantitative estimate of drug-likeness (QED) is 0.823. The maximum absolute atomic E-state index is 11.2. The van der Waals surface area contributed by atoms with Crippen molar-refractivity contribution in [2.24, 2.45) is 0 Å². The smallest absolute Gasteiger partial charge is 0.326 e. The molecule has 23 heavy (non-hydrogen) atoms. The van der Waals surface area contributed by atoms with Gasteiger partial charge in [-0.25, -0.2) is 4.79 Å². The van der Waals surface area contributed by atoms with E-state index in [1.807, 2.05) is 48.5 Å². The lowest BCUT2D eigenvalue weighted by atomic mass is 10.1. The van der Waals surface area contributed by atoms with E-state index in [9.17, 15) is 9.59 Å². The van der Waals surface area contributed by atoms with Gasteiger partial charge in [0.25, 0.3) is 0 Å². The second-order valence-electron chi connectivity index (χ2n) is 5.22. The zero-order valence-electron chi connectivity index (χ0n) is 12.9. The monoisotopic (exact) mass is 313 g/mol. The van der Waals surface area contributed by atoms with Crippen molar-refractivity contribution < 1.29 is 19.4 Å². The highest BCUT2D eigenvalue weighted by atomic mass is 16.5. The van der Waals surface area contributed by atoms with Crippen molar-refractivity contribution in [3.05, 3.63) is 65.7 Å². The van der Waals surface area contributed by atoms with Crippen molar-refractivity contribution in [3.63, 3.8) is 0 Å². The molecule has 0 aliphatic carbocycles. The molecule has 0 aliphatic rings. The third-order valence-corrected chi connectivity index (χ3v) is 3.26. The lowest BCUT2D eigenvalue weighted by molar-refractivity contribution is -0.141. The van der Waals surface area contributed by atoms with Gasteiger partial charge in [0.1, 0.15) is 18.4 Å². The minimum Gasteiger partial charge on any atom is -0.489 e. The van der Waals surface area contributed by atoms with Gasteiger partial charge in [-0.2, -0.15) is 0 Å². The highest BCUT2D eigenvalue weighted by Gasteiger charge is 2.18. The molecular formula is C18H19NO4. The fourth-order valence-corrected chi connectivity index (χ4v) is 2.18. The van der Waals surface area contributed by atoms with Crippen LogP contribution in [0.4, 0.5) is 0 Å². The first kappa shape index (κ1) is 16.5. The lowest BCUT2D eigenvalue weighted by Gasteiger charge is -2.14. The Balaban J connectivity index is 2.01. The average Bonchev–Trinajstić information content (AvgIpc) is 2.53. The number of ether oxygens (including phenoxy) is 1. The van der Waals surface area contributed by atoms with Gasteiger partial charge in [0, 0.05) is 13.3 Å². The molecule has 1 amide bonds. The molecule has 0 aromatic heterocycles. The van der Waals surface area contributed by atoms with Gasteiger partial charge in [-0.15, -0.1) is 0 Å². The van der Waals surface area contributed by atoms with Crippen molar-refractivity contribution in [2.45, 2.75) is 26.0 Å².